The van der Waals surface area contributed by atoms with E-state index in [4.69, 9.17) is 4.52 Å². The first-order valence-corrected chi connectivity index (χ1v) is 5.42. The molecule has 0 aliphatic rings. The third kappa shape index (κ3) is 1.64. The van der Waals surface area contributed by atoms with E-state index in [1.807, 2.05) is 0 Å². The molecule has 0 unspecified atom stereocenters. The van der Waals surface area contributed by atoms with Gasteiger partial charge in [-0.3, -0.25) is 4.79 Å². The third-order valence-electron chi connectivity index (χ3n) is 2.77. The molecular weight excluding hydrogens is 230 g/mol. The minimum atomic E-state index is 0.204. The van der Waals surface area contributed by atoms with Crippen molar-refractivity contribution >= 4 is 17.3 Å². The highest BCUT2D eigenvalue weighted by Gasteiger charge is 2.10. The van der Waals surface area contributed by atoms with Crippen molar-refractivity contribution in [1.29, 1.82) is 0 Å². The lowest BCUT2D eigenvalue weighted by Gasteiger charge is -1.97. The number of carbonyl (C=O) groups is 1. The molecule has 0 aliphatic heterocycles. The zero-order valence-electron chi connectivity index (χ0n) is 9.33. The van der Waals surface area contributed by atoms with Crippen LogP contribution in [0.5, 0.6) is 5.75 Å². The van der Waals surface area contributed by atoms with Gasteiger partial charge in [-0.2, -0.15) is 0 Å². The summed E-state index contributed by atoms with van der Waals surface area (Å²) in [6.07, 6.45) is 0.766. The Balaban J connectivity index is 2.18. The van der Waals surface area contributed by atoms with Crippen molar-refractivity contribution in [3.63, 3.8) is 0 Å². The first kappa shape index (κ1) is 10.5. The van der Waals surface area contributed by atoms with Crippen LogP contribution in [-0.2, 0) is 0 Å². The van der Waals surface area contributed by atoms with Gasteiger partial charge in [0.2, 0.25) is 0 Å². The second-order valence-electron chi connectivity index (χ2n) is 3.95. The molecule has 1 aromatic heterocycles. The van der Waals surface area contributed by atoms with Crippen LogP contribution in [-0.4, -0.2) is 16.5 Å². The molecule has 0 saturated heterocycles. The zero-order chi connectivity index (χ0) is 12.5. The molecule has 1 heterocycles. The van der Waals surface area contributed by atoms with Gasteiger partial charge in [0, 0.05) is 16.5 Å². The SMILES string of the molecule is O=Cc1ccc2c(-c3ccc(O)cc3)noc2c1. The number of aldehydes is 1. The monoisotopic (exact) mass is 239 g/mol. The Labute approximate surface area is 102 Å². The second kappa shape index (κ2) is 4.00. The van der Waals surface area contributed by atoms with Gasteiger partial charge in [0.1, 0.15) is 17.7 Å². The van der Waals surface area contributed by atoms with E-state index in [9.17, 15) is 9.90 Å². The Kier molecular flexibility index (Phi) is 2.34. The van der Waals surface area contributed by atoms with E-state index in [2.05, 4.69) is 5.16 Å². The van der Waals surface area contributed by atoms with Crippen molar-refractivity contribution < 1.29 is 14.4 Å². The minimum Gasteiger partial charge on any atom is -0.508 e. The fourth-order valence-electron chi connectivity index (χ4n) is 1.85. The largest absolute Gasteiger partial charge is 0.508 e. The number of phenols is 1. The molecule has 0 fully saturated rings. The molecule has 3 rings (SSSR count). The summed E-state index contributed by atoms with van der Waals surface area (Å²) in [5, 5.41) is 14.1. The number of nitrogens with zero attached hydrogens (tertiary/aromatic N) is 1. The van der Waals surface area contributed by atoms with Gasteiger partial charge in [-0.1, -0.05) is 11.2 Å². The van der Waals surface area contributed by atoms with E-state index in [1.54, 1.807) is 42.5 Å². The summed E-state index contributed by atoms with van der Waals surface area (Å²) >= 11 is 0. The van der Waals surface area contributed by atoms with Crippen LogP contribution in [0.25, 0.3) is 22.2 Å². The molecule has 1 N–H and O–H groups in total. The van der Waals surface area contributed by atoms with Crippen molar-refractivity contribution in [2.24, 2.45) is 0 Å². The number of fused-ring (bicyclic) bond motifs is 1. The predicted molar refractivity (Wildman–Crippen MR) is 66.5 cm³/mol. The Morgan fingerprint density at radius 1 is 1.11 bits per heavy atom. The third-order valence-corrected chi connectivity index (χ3v) is 2.77. The van der Waals surface area contributed by atoms with Gasteiger partial charge in [0.15, 0.2) is 5.58 Å². The lowest BCUT2D eigenvalue weighted by Crippen LogP contribution is -1.79. The number of aromatic hydroxyl groups is 1. The lowest BCUT2D eigenvalue weighted by molar-refractivity contribution is 0.112. The van der Waals surface area contributed by atoms with Gasteiger partial charge in [0.05, 0.1) is 0 Å². The fourth-order valence-corrected chi connectivity index (χ4v) is 1.85. The first-order chi connectivity index (χ1) is 8.78. The van der Waals surface area contributed by atoms with Crippen LogP contribution in [0.2, 0.25) is 0 Å². The van der Waals surface area contributed by atoms with Crippen molar-refractivity contribution in [1.82, 2.24) is 5.16 Å². The molecule has 4 nitrogen and oxygen atoms in total. The zero-order valence-corrected chi connectivity index (χ0v) is 9.33. The maximum absolute atomic E-state index is 10.7. The number of aromatic nitrogens is 1. The molecule has 2 aromatic carbocycles. The summed E-state index contributed by atoms with van der Waals surface area (Å²) in [5.41, 5.74) is 2.67. The molecule has 0 amide bonds. The van der Waals surface area contributed by atoms with Crippen LogP contribution < -0.4 is 0 Å². The molecule has 3 aromatic rings. The number of hydrogen-bond acceptors (Lipinski definition) is 4. The van der Waals surface area contributed by atoms with Gasteiger partial charge < -0.3 is 9.63 Å². The summed E-state index contributed by atoms with van der Waals surface area (Å²) < 4.78 is 5.20. The van der Waals surface area contributed by atoms with Gasteiger partial charge in [-0.05, 0) is 36.4 Å². The van der Waals surface area contributed by atoms with Crippen LogP contribution in [0.1, 0.15) is 10.4 Å². The highest BCUT2D eigenvalue weighted by molar-refractivity contribution is 5.94. The Bertz CT molecular complexity index is 713. The quantitative estimate of drug-likeness (QED) is 0.698. The maximum Gasteiger partial charge on any atom is 0.168 e. The van der Waals surface area contributed by atoms with E-state index in [0.29, 0.717) is 16.8 Å². The first-order valence-electron chi connectivity index (χ1n) is 5.42. The number of hydrogen-bond donors (Lipinski definition) is 1. The number of rotatable bonds is 2. The molecule has 0 radical (unpaired) electrons. The fraction of sp³-hybridized carbons (Fsp3) is 0. The Hall–Kier alpha value is -2.62. The molecular formula is C14H9NO3. The second-order valence-corrected chi connectivity index (χ2v) is 3.95. The summed E-state index contributed by atoms with van der Waals surface area (Å²) in [7, 11) is 0. The van der Waals surface area contributed by atoms with Crippen LogP contribution in [0.4, 0.5) is 0 Å². The van der Waals surface area contributed by atoms with Crippen molar-refractivity contribution in [3.05, 3.63) is 48.0 Å². The average Bonchev–Trinajstić information content (AvgIpc) is 2.82. The minimum absolute atomic E-state index is 0.204. The number of benzene rings is 2. The molecule has 88 valence electrons. The average molecular weight is 239 g/mol. The predicted octanol–water partition coefficient (Wildman–Crippen LogP) is 3.01. The summed E-state index contributed by atoms with van der Waals surface area (Å²) in [6.45, 7) is 0. The van der Waals surface area contributed by atoms with Gasteiger partial charge in [-0.25, -0.2) is 0 Å². The summed E-state index contributed by atoms with van der Waals surface area (Å²) in [6, 6.07) is 11.9. The van der Waals surface area contributed by atoms with Crippen molar-refractivity contribution in [2.45, 2.75) is 0 Å². The molecule has 0 saturated carbocycles. The standard InChI is InChI=1S/C14H9NO3/c16-8-9-1-6-12-13(7-9)18-15-14(12)10-2-4-11(17)5-3-10/h1-8,17H. The van der Waals surface area contributed by atoms with E-state index < -0.39 is 0 Å². The van der Waals surface area contributed by atoms with Gasteiger partial charge in [0.25, 0.3) is 0 Å². The van der Waals surface area contributed by atoms with Crippen molar-refractivity contribution in [2.75, 3.05) is 0 Å². The number of phenolic OH excluding ortho intramolecular Hbond substituents is 1. The molecule has 0 atom stereocenters. The van der Waals surface area contributed by atoms with Crippen LogP contribution >= 0.6 is 0 Å². The molecule has 0 bridgehead atoms. The summed E-state index contributed by atoms with van der Waals surface area (Å²) in [5.74, 6) is 0.204. The molecule has 0 spiro atoms. The molecule has 18 heavy (non-hydrogen) atoms. The highest BCUT2D eigenvalue weighted by Crippen LogP contribution is 2.29. The smallest absolute Gasteiger partial charge is 0.168 e. The Morgan fingerprint density at radius 3 is 2.61 bits per heavy atom. The van der Waals surface area contributed by atoms with E-state index in [1.165, 1.54) is 0 Å². The normalized spacial score (nSPS) is 10.7. The Morgan fingerprint density at radius 2 is 1.89 bits per heavy atom. The van der Waals surface area contributed by atoms with Gasteiger partial charge >= 0.3 is 0 Å². The van der Waals surface area contributed by atoms with E-state index >= 15 is 0 Å². The molecule has 4 heteroatoms. The van der Waals surface area contributed by atoms with Crippen LogP contribution in [0.3, 0.4) is 0 Å². The highest BCUT2D eigenvalue weighted by atomic mass is 16.5. The van der Waals surface area contributed by atoms with Crippen LogP contribution in [0, 0.1) is 0 Å². The lowest BCUT2D eigenvalue weighted by atomic mass is 10.1. The van der Waals surface area contributed by atoms with Crippen LogP contribution in [0.15, 0.2) is 47.0 Å². The molecule has 0 aliphatic carbocycles. The summed E-state index contributed by atoms with van der Waals surface area (Å²) in [4.78, 5) is 10.7. The number of carbonyl (C=O) groups excluding carboxylic acids is 1. The van der Waals surface area contributed by atoms with Gasteiger partial charge in [-0.15, -0.1) is 0 Å². The van der Waals surface area contributed by atoms with E-state index in [-0.39, 0.29) is 5.75 Å². The van der Waals surface area contributed by atoms with E-state index in [0.717, 1.165) is 17.2 Å². The topological polar surface area (TPSA) is 63.3 Å². The maximum atomic E-state index is 10.7. The van der Waals surface area contributed by atoms with Crippen molar-refractivity contribution in [3.8, 4) is 17.0 Å².